The lowest BCUT2D eigenvalue weighted by molar-refractivity contribution is 0.191. The normalized spacial score (nSPS) is 12.6. The van der Waals surface area contributed by atoms with Gasteiger partial charge in [0.05, 0.1) is 17.7 Å². The number of anilines is 1. The van der Waals surface area contributed by atoms with Crippen LogP contribution >= 0.6 is 0 Å². The van der Waals surface area contributed by atoms with Crippen molar-refractivity contribution in [1.29, 1.82) is 0 Å². The second kappa shape index (κ2) is 5.90. The lowest BCUT2D eigenvalue weighted by atomic mass is 10.0. The molecule has 2 N–H and O–H groups in total. The van der Waals surface area contributed by atoms with Crippen LogP contribution in [0, 0.1) is 0 Å². The first-order valence-electron chi connectivity index (χ1n) is 7.76. The molecule has 4 rings (SSSR count). The maximum Gasteiger partial charge on any atom is 0.163 e. The molecule has 2 aromatic heterocycles. The number of nitrogens with zero attached hydrogens (tertiary/aromatic N) is 4. The second-order valence-corrected chi connectivity index (χ2v) is 5.73. The SMILES string of the molecule is Cn1ncc2c(NCC(O)c3ccc4ccccc4c3)ncnc21. The van der Waals surface area contributed by atoms with E-state index in [0.29, 0.717) is 12.4 Å². The van der Waals surface area contributed by atoms with E-state index < -0.39 is 6.10 Å². The molecular formula is C18H17N5O. The van der Waals surface area contributed by atoms with Crippen LogP contribution in [0.1, 0.15) is 11.7 Å². The van der Waals surface area contributed by atoms with Gasteiger partial charge in [0.15, 0.2) is 5.65 Å². The number of fused-ring (bicyclic) bond motifs is 2. The molecule has 4 aromatic rings. The summed E-state index contributed by atoms with van der Waals surface area (Å²) >= 11 is 0. The number of aliphatic hydroxyl groups excluding tert-OH is 1. The average molecular weight is 319 g/mol. The van der Waals surface area contributed by atoms with E-state index in [1.165, 1.54) is 6.33 Å². The Bertz CT molecular complexity index is 1010. The van der Waals surface area contributed by atoms with E-state index in [2.05, 4.69) is 26.4 Å². The molecule has 0 aliphatic rings. The van der Waals surface area contributed by atoms with Crippen LogP contribution in [0.25, 0.3) is 21.8 Å². The van der Waals surface area contributed by atoms with Crippen molar-refractivity contribution in [2.45, 2.75) is 6.10 Å². The summed E-state index contributed by atoms with van der Waals surface area (Å²) in [6.07, 6.45) is 2.59. The number of aliphatic hydroxyl groups is 1. The Labute approximate surface area is 138 Å². The number of benzene rings is 2. The predicted molar refractivity (Wildman–Crippen MR) is 93.7 cm³/mol. The number of nitrogens with one attached hydrogen (secondary N) is 1. The highest BCUT2D eigenvalue weighted by Crippen LogP contribution is 2.22. The number of aromatic nitrogens is 4. The van der Waals surface area contributed by atoms with Crippen LogP contribution < -0.4 is 5.32 Å². The van der Waals surface area contributed by atoms with Gasteiger partial charge in [0.2, 0.25) is 0 Å². The molecule has 0 saturated heterocycles. The molecule has 2 heterocycles. The molecule has 0 bridgehead atoms. The van der Waals surface area contributed by atoms with Crippen molar-refractivity contribution >= 4 is 27.6 Å². The Morgan fingerprint density at radius 1 is 1.12 bits per heavy atom. The standard InChI is InChI=1S/C18H17N5O/c1-23-18-15(9-22-23)17(20-11-21-18)19-10-16(24)14-7-6-12-4-2-3-5-13(12)8-14/h2-9,11,16,24H,10H2,1H3,(H,19,20,21). The molecule has 0 spiro atoms. The van der Waals surface area contributed by atoms with E-state index in [4.69, 9.17) is 0 Å². The number of hydrogen-bond donors (Lipinski definition) is 2. The third kappa shape index (κ3) is 2.57. The van der Waals surface area contributed by atoms with Crippen LogP contribution in [0.2, 0.25) is 0 Å². The first kappa shape index (κ1) is 14.6. The second-order valence-electron chi connectivity index (χ2n) is 5.73. The van der Waals surface area contributed by atoms with Crippen molar-refractivity contribution in [1.82, 2.24) is 19.7 Å². The molecule has 2 aromatic carbocycles. The predicted octanol–water partition coefficient (Wildman–Crippen LogP) is 2.66. The zero-order chi connectivity index (χ0) is 16.5. The first-order valence-corrected chi connectivity index (χ1v) is 7.76. The van der Waals surface area contributed by atoms with Crippen LogP contribution in [0.15, 0.2) is 55.0 Å². The number of aryl methyl sites for hydroxylation is 1. The Morgan fingerprint density at radius 3 is 2.83 bits per heavy atom. The lowest BCUT2D eigenvalue weighted by Gasteiger charge is -2.13. The quantitative estimate of drug-likeness (QED) is 0.605. The Morgan fingerprint density at radius 2 is 1.96 bits per heavy atom. The van der Waals surface area contributed by atoms with Gasteiger partial charge < -0.3 is 10.4 Å². The van der Waals surface area contributed by atoms with Gasteiger partial charge >= 0.3 is 0 Å². The van der Waals surface area contributed by atoms with Gasteiger partial charge in [0.1, 0.15) is 12.1 Å². The van der Waals surface area contributed by atoms with Gasteiger partial charge in [-0.1, -0.05) is 36.4 Å². The number of rotatable bonds is 4. The van der Waals surface area contributed by atoms with Crippen molar-refractivity contribution < 1.29 is 5.11 Å². The van der Waals surface area contributed by atoms with E-state index in [9.17, 15) is 5.11 Å². The first-order chi connectivity index (χ1) is 11.7. The molecule has 0 aliphatic heterocycles. The molecule has 0 saturated carbocycles. The maximum atomic E-state index is 10.5. The van der Waals surface area contributed by atoms with Crippen molar-refractivity contribution in [2.75, 3.05) is 11.9 Å². The van der Waals surface area contributed by atoms with Gasteiger partial charge in [-0.3, -0.25) is 4.68 Å². The van der Waals surface area contributed by atoms with Crippen molar-refractivity contribution in [3.63, 3.8) is 0 Å². The third-order valence-corrected chi connectivity index (χ3v) is 4.15. The minimum atomic E-state index is -0.628. The summed E-state index contributed by atoms with van der Waals surface area (Å²) in [5, 5.41) is 21.0. The van der Waals surface area contributed by atoms with E-state index in [-0.39, 0.29) is 0 Å². The lowest BCUT2D eigenvalue weighted by Crippen LogP contribution is -2.13. The van der Waals surface area contributed by atoms with Gasteiger partial charge in [-0.2, -0.15) is 5.10 Å². The Balaban J connectivity index is 1.55. The molecule has 1 unspecified atom stereocenters. The van der Waals surface area contributed by atoms with E-state index in [1.807, 2.05) is 43.4 Å². The van der Waals surface area contributed by atoms with E-state index in [0.717, 1.165) is 27.4 Å². The molecule has 1 atom stereocenters. The van der Waals surface area contributed by atoms with E-state index in [1.54, 1.807) is 10.9 Å². The average Bonchev–Trinajstić information content (AvgIpc) is 3.01. The molecular weight excluding hydrogens is 302 g/mol. The highest BCUT2D eigenvalue weighted by Gasteiger charge is 2.11. The minimum absolute atomic E-state index is 0.360. The van der Waals surface area contributed by atoms with E-state index >= 15 is 0 Å². The van der Waals surface area contributed by atoms with Gasteiger partial charge in [0, 0.05) is 13.6 Å². The molecule has 120 valence electrons. The third-order valence-electron chi connectivity index (χ3n) is 4.15. The van der Waals surface area contributed by atoms with Crippen LogP contribution in [0.3, 0.4) is 0 Å². The van der Waals surface area contributed by atoms with Gasteiger partial charge in [-0.05, 0) is 22.4 Å². The molecule has 0 fully saturated rings. The summed E-state index contributed by atoms with van der Waals surface area (Å²) < 4.78 is 1.70. The largest absolute Gasteiger partial charge is 0.387 e. The van der Waals surface area contributed by atoms with Crippen LogP contribution in [0.4, 0.5) is 5.82 Å². The zero-order valence-corrected chi connectivity index (χ0v) is 13.2. The molecule has 24 heavy (non-hydrogen) atoms. The fourth-order valence-electron chi connectivity index (χ4n) is 2.83. The molecule has 0 aliphatic carbocycles. The Kier molecular flexibility index (Phi) is 3.59. The van der Waals surface area contributed by atoms with Gasteiger partial charge in [-0.15, -0.1) is 0 Å². The van der Waals surface area contributed by atoms with Gasteiger partial charge in [0.25, 0.3) is 0 Å². The molecule has 6 heteroatoms. The fraction of sp³-hybridized carbons (Fsp3) is 0.167. The van der Waals surface area contributed by atoms with Crippen molar-refractivity contribution in [2.24, 2.45) is 7.05 Å². The Hall–Kier alpha value is -2.99. The van der Waals surface area contributed by atoms with Crippen molar-refractivity contribution in [3.8, 4) is 0 Å². The van der Waals surface area contributed by atoms with Crippen LogP contribution in [-0.4, -0.2) is 31.4 Å². The zero-order valence-electron chi connectivity index (χ0n) is 13.2. The van der Waals surface area contributed by atoms with Gasteiger partial charge in [-0.25, -0.2) is 9.97 Å². The molecule has 0 amide bonds. The highest BCUT2D eigenvalue weighted by molar-refractivity contribution is 5.86. The van der Waals surface area contributed by atoms with Crippen LogP contribution in [-0.2, 0) is 7.05 Å². The number of hydrogen-bond acceptors (Lipinski definition) is 5. The smallest absolute Gasteiger partial charge is 0.163 e. The summed E-state index contributed by atoms with van der Waals surface area (Å²) in [7, 11) is 1.84. The summed E-state index contributed by atoms with van der Waals surface area (Å²) in [4.78, 5) is 8.46. The van der Waals surface area contributed by atoms with Crippen molar-refractivity contribution in [3.05, 3.63) is 60.6 Å². The monoisotopic (exact) mass is 319 g/mol. The minimum Gasteiger partial charge on any atom is -0.387 e. The molecule has 6 nitrogen and oxygen atoms in total. The summed E-state index contributed by atoms with van der Waals surface area (Å²) in [6.45, 7) is 0.360. The summed E-state index contributed by atoms with van der Waals surface area (Å²) in [5.41, 5.74) is 1.63. The topological polar surface area (TPSA) is 75.9 Å². The van der Waals surface area contributed by atoms with Crippen LogP contribution in [0.5, 0.6) is 0 Å². The highest BCUT2D eigenvalue weighted by atomic mass is 16.3. The maximum absolute atomic E-state index is 10.5. The molecule has 0 radical (unpaired) electrons. The fourth-order valence-corrected chi connectivity index (χ4v) is 2.83. The summed E-state index contributed by atoms with van der Waals surface area (Å²) in [5.74, 6) is 0.674. The summed E-state index contributed by atoms with van der Waals surface area (Å²) in [6, 6.07) is 14.1.